The Bertz CT molecular complexity index is 1750. The van der Waals surface area contributed by atoms with Gasteiger partial charge in [0, 0.05) is 76.7 Å². The second-order valence-corrected chi connectivity index (χ2v) is 14.2. The molecule has 2 N–H and O–H groups in total. The third-order valence-electron chi connectivity index (χ3n) is 9.38. The zero-order valence-electron chi connectivity index (χ0n) is 28.8. The highest BCUT2D eigenvalue weighted by atomic mass is 16.6. The first-order valence-electron chi connectivity index (χ1n) is 17.1. The summed E-state index contributed by atoms with van der Waals surface area (Å²) >= 11 is 0. The summed E-state index contributed by atoms with van der Waals surface area (Å²) in [4.78, 5) is 62.3. The van der Waals surface area contributed by atoms with Gasteiger partial charge in [-0.15, -0.1) is 0 Å². The lowest BCUT2D eigenvalue weighted by Gasteiger charge is -2.35. The van der Waals surface area contributed by atoms with Crippen LogP contribution >= 0.6 is 0 Å². The lowest BCUT2D eigenvalue weighted by atomic mass is 10.1. The summed E-state index contributed by atoms with van der Waals surface area (Å²) in [5, 5.41) is 1.10. The van der Waals surface area contributed by atoms with Gasteiger partial charge in [-0.1, -0.05) is 6.07 Å². The fourth-order valence-electron chi connectivity index (χ4n) is 6.92. The number of likely N-dealkylation sites (tertiary alicyclic amines) is 1. The van der Waals surface area contributed by atoms with E-state index in [0.717, 1.165) is 74.5 Å². The van der Waals surface area contributed by atoms with E-state index in [2.05, 4.69) is 40.1 Å². The van der Waals surface area contributed by atoms with Crippen molar-refractivity contribution in [1.82, 2.24) is 19.7 Å². The molecule has 0 aliphatic carbocycles. The first-order valence-corrected chi connectivity index (χ1v) is 17.1. The summed E-state index contributed by atoms with van der Waals surface area (Å²) < 4.78 is 11.7. The maximum Gasteiger partial charge on any atom is 0.306 e. The van der Waals surface area contributed by atoms with Crippen LogP contribution in [-0.4, -0.2) is 100 Å². The van der Waals surface area contributed by atoms with Crippen LogP contribution < -0.4 is 15.4 Å². The van der Waals surface area contributed by atoms with E-state index in [1.54, 1.807) is 39.8 Å². The molecule has 12 nitrogen and oxygen atoms in total. The number of fused-ring (bicyclic) bond motifs is 2. The van der Waals surface area contributed by atoms with Crippen molar-refractivity contribution in [2.24, 2.45) is 5.73 Å². The number of amides is 3. The molecule has 3 aliphatic rings. The van der Waals surface area contributed by atoms with Crippen molar-refractivity contribution in [1.29, 1.82) is 0 Å². The van der Waals surface area contributed by atoms with Gasteiger partial charge in [-0.25, -0.2) is 4.98 Å². The largest absolute Gasteiger partial charge is 0.489 e. The molecule has 6 rings (SSSR count). The molecule has 1 aromatic heterocycles. The van der Waals surface area contributed by atoms with Gasteiger partial charge in [-0.05, 0) is 87.2 Å². The number of anilines is 1. The molecule has 0 bridgehead atoms. The molecule has 12 heteroatoms. The Morgan fingerprint density at radius 2 is 1.78 bits per heavy atom. The molecule has 0 saturated carbocycles. The van der Waals surface area contributed by atoms with Crippen molar-refractivity contribution in [2.75, 3.05) is 44.2 Å². The molecule has 260 valence electrons. The molecule has 3 aliphatic heterocycles. The molecule has 2 saturated heterocycles. The second kappa shape index (κ2) is 14.0. The van der Waals surface area contributed by atoms with Crippen LogP contribution in [0.1, 0.15) is 68.4 Å². The number of ether oxygens (including phenoxy) is 2. The number of rotatable bonds is 10. The minimum Gasteiger partial charge on any atom is -0.489 e. The molecule has 49 heavy (non-hydrogen) atoms. The van der Waals surface area contributed by atoms with E-state index >= 15 is 0 Å². The number of aromatic nitrogens is 1. The van der Waals surface area contributed by atoms with E-state index in [1.807, 2.05) is 11.0 Å². The zero-order chi connectivity index (χ0) is 34.9. The van der Waals surface area contributed by atoms with Crippen LogP contribution in [0.3, 0.4) is 0 Å². The predicted molar refractivity (Wildman–Crippen MR) is 185 cm³/mol. The lowest BCUT2D eigenvalue weighted by molar-refractivity contribution is -0.155. The van der Waals surface area contributed by atoms with Crippen LogP contribution in [0.2, 0.25) is 0 Å². The van der Waals surface area contributed by atoms with Crippen LogP contribution in [0.4, 0.5) is 5.82 Å². The minimum absolute atomic E-state index is 0.00612. The van der Waals surface area contributed by atoms with Gasteiger partial charge < -0.3 is 29.9 Å². The summed E-state index contributed by atoms with van der Waals surface area (Å²) in [5.74, 6) is 0.372. The maximum absolute atomic E-state index is 13.2. The number of nitrogens with two attached hydrogens (primary N) is 1. The van der Waals surface area contributed by atoms with Gasteiger partial charge in [0.05, 0.1) is 5.52 Å². The van der Waals surface area contributed by atoms with Crippen molar-refractivity contribution < 1.29 is 28.7 Å². The number of carbonyl (C=O) groups excluding carboxylic acids is 4. The van der Waals surface area contributed by atoms with Crippen LogP contribution in [-0.2, 0) is 32.2 Å². The van der Waals surface area contributed by atoms with Crippen LogP contribution in [0.15, 0.2) is 48.5 Å². The number of piperazine rings is 1. The van der Waals surface area contributed by atoms with E-state index < -0.39 is 23.5 Å². The fraction of sp³-hybridized carbons (Fsp3) is 0.486. The molecule has 2 fully saturated rings. The molecular formula is C37H46N6O6. The summed E-state index contributed by atoms with van der Waals surface area (Å²) in [6, 6.07) is 15.1. The summed E-state index contributed by atoms with van der Waals surface area (Å²) in [7, 11) is 0. The van der Waals surface area contributed by atoms with Gasteiger partial charge in [-0.3, -0.25) is 24.1 Å². The summed E-state index contributed by atoms with van der Waals surface area (Å²) in [5.41, 5.74) is 8.49. The average molecular weight is 671 g/mol. The van der Waals surface area contributed by atoms with Gasteiger partial charge >= 0.3 is 5.97 Å². The molecule has 0 unspecified atom stereocenters. The van der Waals surface area contributed by atoms with E-state index in [0.29, 0.717) is 11.3 Å². The summed E-state index contributed by atoms with van der Waals surface area (Å²) in [6.45, 7) is 12.7. The van der Waals surface area contributed by atoms with Crippen LogP contribution in [0.5, 0.6) is 5.75 Å². The number of primary amides is 1. The van der Waals surface area contributed by atoms with Gasteiger partial charge in [0.1, 0.15) is 29.3 Å². The summed E-state index contributed by atoms with van der Waals surface area (Å²) in [6.07, 6.45) is 0.967. The van der Waals surface area contributed by atoms with Crippen LogP contribution in [0, 0.1) is 0 Å². The SMILES string of the molecule is CC(=O)N1CCN(c2ccc3cc(CN4CC[C@H](Oc5ccc6c(c5)CN([C@@H](CCC(=O)OC(C)(C)C)C(N)=O)C6=O)C4)ccc3n2)CC1. The van der Waals surface area contributed by atoms with Crippen molar-refractivity contribution in [2.45, 2.75) is 77.8 Å². The molecular weight excluding hydrogens is 624 g/mol. The number of carbonyl (C=O) groups is 4. The molecule has 4 heterocycles. The molecule has 2 aromatic carbocycles. The Labute approximate surface area is 287 Å². The molecule has 0 radical (unpaired) electrons. The number of hydrogen-bond acceptors (Lipinski definition) is 9. The normalized spacial score (nSPS) is 18.9. The van der Waals surface area contributed by atoms with E-state index in [-0.39, 0.29) is 37.3 Å². The number of nitrogens with zero attached hydrogens (tertiary/aromatic N) is 5. The number of pyridine rings is 1. The zero-order valence-corrected chi connectivity index (χ0v) is 28.8. The lowest BCUT2D eigenvalue weighted by Crippen LogP contribution is -2.48. The second-order valence-electron chi connectivity index (χ2n) is 14.2. The minimum atomic E-state index is -0.914. The third kappa shape index (κ3) is 8.13. The Hall–Kier alpha value is -4.71. The Morgan fingerprint density at radius 1 is 1.00 bits per heavy atom. The molecule has 3 aromatic rings. The fourth-order valence-corrected chi connectivity index (χ4v) is 6.92. The number of benzene rings is 2. The number of hydrogen-bond donors (Lipinski definition) is 1. The topological polar surface area (TPSA) is 139 Å². The van der Waals surface area contributed by atoms with Crippen molar-refractivity contribution in [3.63, 3.8) is 0 Å². The standard InChI is InChI=1S/C37H46N6O6/c1-24(44)41-15-17-42(18-16-41)33-11-6-26-19-25(5-9-31(26)39-33)21-40-14-13-29(23-40)48-28-7-8-30-27(20-28)22-43(36(30)47)32(35(38)46)10-12-34(45)49-37(2,3)4/h5-9,11,19-20,29,32H,10,12-18,21-23H2,1-4H3,(H2,38,46)/t29-,32-/m0/s1. The molecule has 2 atom stereocenters. The van der Waals surface area contributed by atoms with Crippen molar-refractivity contribution in [3.05, 3.63) is 65.2 Å². The quantitative estimate of drug-likeness (QED) is 0.321. The first-order chi connectivity index (χ1) is 23.3. The van der Waals surface area contributed by atoms with Gasteiger partial charge in [0.25, 0.3) is 5.91 Å². The molecule has 3 amide bonds. The maximum atomic E-state index is 13.2. The highest BCUT2D eigenvalue weighted by Crippen LogP contribution is 2.31. The van der Waals surface area contributed by atoms with E-state index in [1.165, 1.54) is 10.5 Å². The monoisotopic (exact) mass is 670 g/mol. The number of esters is 1. The third-order valence-corrected chi connectivity index (χ3v) is 9.38. The highest BCUT2D eigenvalue weighted by Gasteiger charge is 2.36. The van der Waals surface area contributed by atoms with Gasteiger partial charge in [0.2, 0.25) is 11.8 Å². The first kappa shape index (κ1) is 34.2. The Kier molecular flexibility index (Phi) is 9.78. The van der Waals surface area contributed by atoms with E-state index in [4.69, 9.17) is 20.2 Å². The van der Waals surface area contributed by atoms with E-state index in [9.17, 15) is 19.2 Å². The highest BCUT2D eigenvalue weighted by molar-refractivity contribution is 6.01. The van der Waals surface area contributed by atoms with Crippen molar-refractivity contribution >= 4 is 40.4 Å². The van der Waals surface area contributed by atoms with Crippen LogP contribution in [0.25, 0.3) is 10.9 Å². The van der Waals surface area contributed by atoms with Gasteiger partial charge in [0.15, 0.2) is 0 Å². The smallest absolute Gasteiger partial charge is 0.306 e. The average Bonchev–Trinajstić information content (AvgIpc) is 3.62. The van der Waals surface area contributed by atoms with Gasteiger partial charge in [-0.2, -0.15) is 0 Å². The predicted octanol–water partition coefficient (Wildman–Crippen LogP) is 3.49. The Morgan fingerprint density at radius 3 is 2.49 bits per heavy atom. The Balaban J connectivity index is 1.02. The molecule has 0 spiro atoms. The van der Waals surface area contributed by atoms with Crippen molar-refractivity contribution in [3.8, 4) is 5.75 Å².